The van der Waals surface area contributed by atoms with Gasteiger partial charge in [0.25, 0.3) is 11.5 Å². The third-order valence-electron chi connectivity index (χ3n) is 4.26. The SMILES string of the molecule is CCNc1cc(C)cc(C(=O)NCc2c(C)n(CC)[nH]c2=O)c1C. The van der Waals surface area contributed by atoms with E-state index in [-0.39, 0.29) is 18.0 Å². The second-order valence-corrected chi connectivity index (χ2v) is 5.95. The van der Waals surface area contributed by atoms with Crippen molar-refractivity contribution in [2.45, 2.75) is 47.7 Å². The first kappa shape index (κ1) is 17.8. The third kappa shape index (κ3) is 3.53. The van der Waals surface area contributed by atoms with Crippen molar-refractivity contribution in [3.63, 3.8) is 0 Å². The molecule has 24 heavy (non-hydrogen) atoms. The van der Waals surface area contributed by atoms with Crippen LogP contribution in [0.1, 0.15) is 46.6 Å². The summed E-state index contributed by atoms with van der Waals surface area (Å²) in [7, 11) is 0. The Morgan fingerprint density at radius 3 is 2.50 bits per heavy atom. The van der Waals surface area contributed by atoms with E-state index in [1.165, 1.54) is 0 Å². The van der Waals surface area contributed by atoms with E-state index in [1.54, 1.807) is 4.68 Å². The Hall–Kier alpha value is -2.50. The summed E-state index contributed by atoms with van der Waals surface area (Å²) in [6.07, 6.45) is 0. The number of benzene rings is 1. The highest BCUT2D eigenvalue weighted by atomic mass is 16.2. The van der Waals surface area contributed by atoms with Gasteiger partial charge in [0.05, 0.1) is 12.1 Å². The van der Waals surface area contributed by atoms with Crippen LogP contribution in [0, 0.1) is 20.8 Å². The van der Waals surface area contributed by atoms with Crippen molar-refractivity contribution in [2.75, 3.05) is 11.9 Å². The van der Waals surface area contributed by atoms with Gasteiger partial charge in [-0.25, -0.2) is 0 Å². The molecule has 0 spiro atoms. The zero-order valence-corrected chi connectivity index (χ0v) is 15.0. The standard InChI is InChI=1S/C18H26N4O2/c1-6-19-16-9-11(3)8-14(12(16)4)17(23)20-10-15-13(5)22(7-2)21-18(15)24/h8-9,19H,6-7,10H2,1-5H3,(H,20,23)(H,21,24). The topological polar surface area (TPSA) is 78.9 Å². The molecule has 6 nitrogen and oxygen atoms in total. The van der Waals surface area contributed by atoms with Crippen LogP contribution < -0.4 is 16.2 Å². The first-order chi connectivity index (χ1) is 11.4. The number of aromatic amines is 1. The number of rotatable bonds is 6. The van der Waals surface area contributed by atoms with Crippen molar-refractivity contribution < 1.29 is 4.79 Å². The molecule has 0 saturated heterocycles. The van der Waals surface area contributed by atoms with Crippen LogP contribution in [-0.4, -0.2) is 22.2 Å². The molecule has 1 aromatic heterocycles. The molecule has 0 fully saturated rings. The number of aryl methyl sites for hydroxylation is 2. The van der Waals surface area contributed by atoms with E-state index in [0.29, 0.717) is 17.7 Å². The van der Waals surface area contributed by atoms with E-state index >= 15 is 0 Å². The van der Waals surface area contributed by atoms with Gasteiger partial charge in [-0.2, -0.15) is 0 Å². The van der Waals surface area contributed by atoms with Crippen LogP contribution in [0.15, 0.2) is 16.9 Å². The molecule has 130 valence electrons. The average Bonchev–Trinajstić information content (AvgIpc) is 2.82. The highest BCUT2D eigenvalue weighted by Gasteiger charge is 2.15. The predicted molar refractivity (Wildman–Crippen MR) is 96.7 cm³/mol. The predicted octanol–water partition coefficient (Wildman–Crippen LogP) is 2.48. The maximum Gasteiger partial charge on any atom is 0.269 e. The maximum absolute atomic E-state index is 12.6. The molecule has 0 aliphatic rings. The lowest BCUT2D eigenvalue weighted by Crippen LogP contribution is -2.26. The fourth-order valence-corrected chi connectivity index (χ4v) is 2.86. The Bertz CT molecular complexity index is 802. The Morgan fingerprint density at radius 2 is 1.92 bits per heavy atom. The van der Waals surface area contributed by atoms with Crippen LogP contribution in [0.5, 0.6) is 0 Å². The van der Waals surface area contributed by atoms with Crippen LogP contribution in [-0.2, 0) is 13.1 Å². The van der Waals surface area contributed by atoms with Crippen LogP contribution in [0.2, 0.25) is 0 Å². The lowest BCUT2D eigenvalue weighted by Gasteiger charge is -2.14. The monoisotopic (exact) mass is 330 g/mol. The van der Waals surface area contributed by atoms with Gasteiger partial charge in [0.15, 0.2) is 0 Å². The number of hydrogen-bond acceptors (Lipinski definition) is 3. The number of carbonyl (C=O) groups excluding carboxylic acids is 1. The molecule has 0 atom stereocenters. The molecule has 0 aliphatic heterocycles. The molecule has 2 rings (SSSR count). The van der Waals surface area contributed by atoms with E-state index in [4.69, 9.17) is 0 Å². The zero-order chi connectivity index (χ0) is 17.9. The second kappa shape index (κ2) is 7.38. The van der Waals surface area contributed by atoms with Gasteiger partial charge in [0, 0.05) is 30.0 Å². The average molecular weight is 330 g/mol. The number of hydrogen-bond donors (Lipinski definition) is 3. The Labute approximate surface area is 142 Å². The molecule has 0 bridgehead atoms. The lowest BCUT2D eigenvalue weighted by molar-refractivity contribution is 0.0950. The molecule has 0 aliphatic carbocycles. The molecular formula is C18H26N4O2. The Kier molecular flexibility index (Phi) is 5.49. The fourth-order valence-electron chi connectivity index (χ4n) is 2.86. The molecule has 6 heteroatoms. The summed E-state index contributed by atoms with van der Waals surface area (Å²) in [6.45, 7) is 11.5. The van der Waals surface area contributed by atoms with E-state index in [2.05, 4.69) is 15.7 Å². The first-order valence-electron chi connectivity index (χ1n) is 8.30. The van der Waals surface area contributed by atoms with E-state index in [1.807, 2.05) is 46.8 Å². The van der Waals surface area contributed by atoms with Crippen molar-refractivity contribution in [2.24, 2.45) is 0 Å². The third-order valence-corrected chi connectivity index (χ3v) is 4.26. The smallest absolute Gasteiger partial charge is 0.269 e. The van der Waals surface area contributed by atoms with Crippen molar-refractivity contribution in [1.82, 2.24) is 15.1 Å². The van der Waals surface area contributed by atoms with Crippen LogP contribution in [0.3, 0.4) is 0 Å². The molecule has 1 aromatic carbocycles. The van der Waals surface area contributed by atoms with Crippen LogP contribution in [0.25, 0.3) is 0 Å². The molecular weight excluding hydrogens is 304 g/mol. The Balaban J connectivity index is 2.22. The molecule has 1 heterocycles. The van der Waals surface area contributed by atoms with Gasteiger partial charge >= 0.3 is 0 Å². The van der Waals surface area contributed by atoms with Crippen LogP contribution >= 0.6 is 0 Å². The first-order valence-corrected chi connectivity index (χ1v) is 8.30. The molecule has 0 saturated carbocycles. The largest absolute Gasteiger partial charge is 0.385 e. The molecule has 1 amide bonds. The van der Waals surface area contributed by atoms with E-state index < -0.39 is 0 Å². The summed E-state index contributed by atoms with van der Waals surface area (Å²) in [5, 5.41) is 8.92. The summed E-state index contributed by atoms with van der Waals surface area (Å²) in [4.78, 5) is 24.6. The van der Waals surface area contributed by atoms with Gasteiger partial charge < -0.3 is 10.6 Å². The van der Waals surface area contributed by atoms with E-state index in [9.17, 15) is 9.59 Å². The lowest BCUT2D eigenvalue weighted by atomic mass is 10.0. The number of H-pyrrole nitrogens is 1. The van der Waals surface area contributed by atoms with Gasteiger partial charge in [-0.1, -0.05) is 0 Å². The number of nitrogens with zero attached hydrogens (tertiary/aromatic N) is 1. The summed E-state index contributed by atoms with van der Waals surface area (Å²) < 4.78 is 1.78. The Morgan fingerprint density at radius 1 is 1.21 bits per heavy atom. The second-order valence-electron chi connectivity index (χ2n) is 5.95. The van der Waals surface area contributed by atoms with Crippen molar-refractivity contribution in [1.29, 1.82) is 0 Å². The maximum atomic E-state index is 12.6. The summed E-state index contributed by atoms with van der Waals surface area (Å²) in [6, 6.07) is 3.91. The quantitative estimate of drug-likeness (QED) is 0.761. The number of aromatic nitrogens is 2. The normalized spacial score (nSPS) is 10.7. The minimum absolute atomic E-state index is 0.149. The fraction of sp³-hybridized carbons (Fsp3) is 0.444. The van der Waals surface area contributed by atoms with Crippen molar-refractivity contribution in [3.8, 4) is 0 Å². The number of amides is 1. The molecule has 0 radical (unpaired) electrons. The molecule has 2 aromatic rings. The van der Waals surface area contributed by atoms with E-state index in [0.717, 1.165) is 29.1 Å². The highest BCUT2D eigenvalue weighted by molar-refractivity contribution is 5.97. The van der Waals surface area contributed by atoms with Crippen molar-refractivity contribution in [3.05, 3.63) is 50.4 Å². The highest BCUT2D eigenvalue weighted by Crippen LogP contribution is 2.21. The minimum atomic E-state index is -0.168. The van der Waals surface area contributed by atoms with Crippen molar-refractivity contribution >= 4 is 11.6 Å². The summed E-state index contributed by atoms with van der Waals surface area (Å²) in [5.41, 5.74) is 4.84. The van der Waals surface area contributed by atoms with Gasteiger partial charge in [-0.15, -0.1) is 0 Å². The van der Waals surface area contributed by atoms with Gasteiger partial charge in [-0.05, 0) is 57.9 Å². The number of anilines is 1. The summed E-state index contributed by atoms with van der Waals surface area (Å²) >= 11 is 0. The number of carbonyl (C=O) groups is 1. The summed E-state index contributed by atoms with van der Waals surface area (Å²) in [5.74, 6) is -0.168. The minimum Gasteiger partial charge on any atom is -0.385 e. The van der Waals surface area contributed by atoms with Gasteiger partial charge in [0.1, 0.15) is 0 Å². The number of nitrogens with one attached hydrogen (secondary N) is 3. The van der Waals surface area contributed by atoms with Crippen LogP contribution in [0.4, 0.5) is 5.69 Å². The van der Waals surface area contributed by atoms with Gasteiger partial charge in [0.2, 0.25) is 0 Å². The molecule has 0 unspecified atom stereocenters. The zero-order valence-electron chi connectivity index (χ0n) is 15.0. The van der Waals surface area contributed by atoms with Gasteiger partial charge in [-0.3, -0.25) is 19.4 Å². The molecule has 3 N–H and O–H groups in total.